The van der Waals surface area contributed by atoms with Gasteiger partial charge in [0.2, 0.25) is 0 Å². The van der Waals surface area contributed by atoms with E-state index >= 15 is 0 Å². The van der Waals surface area contributed by atoms with Gasteiger partial charge in [-0.3, -0.25) is 0 Å². The van der Waals surface area contributed by atoms with Crippen LogP contribution in [-0.2, 0) is 0 Å². The van der Waals surface area contributed by atoms with Crippen LogP contribution in [-0.4, -0.2) is 0 Å². The summed E-state index contributed by atoms with van der Waals surface area (Å²) < 4.78 is 0. The lowest BCUT2D eigenvalue weighted by molar-refractivity contribution is 0.965. The van der Waals surface area contributed by atoms with Gasteiger partial charge in [0.1, 0.15) is 0 Å². The fourth-order valence-electron chi connectivity index (χ4n) is 1.16. The average Bonchev–Trinajstić information content (AvgIpc) is 2.07. The molecule has 0 heterocycles. The Morgan fingerprint density at radius 1 is 1.18 bits per heavy atom. The Morgan fingerprint density at radius 3 is 2.36 bits per heavy atom. The molecule has 0 aliphatic carbocycles. The maximum Gasteiger partial charge on any atom is -0.00105 e. The highest BCUT2D eigenvalue weighted by molar-refractivity contribution is 5.22. The minimum atomic E-state index is 0.543. The molecule has 0 nitrogen and oxygen atoms in total. The van der Waals surface area contributed by atoms with Crippen molar-refractivity contribution >= 4 is 0 Å². The van der Waals surface area contributed by atoms with Gasteiger partial charge in [-0.2, -0.15) is 0 Å². The molecule has 0 bridgehead atoms. The van der Waals surface area contributed by atoms with Crippen molar-refractivity contribution in [2.45, 2.75) is 19.8 Å². The second-order valence-corrected chi connectivity index (χ2v) is 2.73. The molecule has 0 spiro atoms. The van der Waals surface area contributed by atoms with Gasteiger partial charge in [0.15, 0.2) is 0 Å². The molecule has 11 heavy (non-hydrogen) atoms. The number of allylic oxidation sites excluding steroid dienone is 2. The Balaban J connectivity index is 2.76. The zero-order chi connectivity index (χ0) is 8.10. The van der Waals surface area contributed by atoms with Crippen LogP contribution in [0.2, 0.25) is 0 Å². The summed E-state index contributed by atoms with van der Waals surface area (Å²) in [5.41, 5.74) is 1.38. The van der Waals surface area contributed by atoms with Crippen LogP contribution in [0.1, 0.15) is 25.3 Å². The molecule has 1 rings (SSSR count). The van der Waals surface area contributed by atoms with Crippen molar-refractivity contribution in [3.8, 4) is 0 Å². The molecular weight excluding hydrogens is 132 g/mol. The summed E-state index contributed by atoms with van der Waals surface area (Å²) >= 11 is 0. The Hall–Kier alpha value is -1.04. The van der Waals surface area contributed by atoms with E-state index in [1.54, 1.807) is 0 Å². The molecule has 1 aromatic rings. The van der Waals surface area contributed by atoms with E-state index in [4.69, 9.17) is 0 Å². The minimum Gasteiger partial charge on any atom is -0.0911 e. The van der Waals surface area contributed by atoms with Crippen LogP contribution in [0.5, 0.6) is 0 Å². The van der Waals surface area contributed by atoms with E-state index in [0.717, 1.165) is 0 Å². The number of rotatable bonds is 2. The van der Waals surface area contributed by atoms with Crippen molar-refractivity contribution in [3.63, 3.8) is 0 Å². The van der Waals surface area contributed by atoms with Crippen molar-refractivity contribution in [2.75, 3.05) is 0 Å². The second kappa shape index (κ2) is 3.97. The summed E-state index contributed by atoms with van der Waals surface area (Å²) in [6, 6.07) is 10.5. The van der Waals surface area contributed by atoms with Crippen LogP contribution in [0.3, 0.4) is 0 Å². The topological polar surface area (TPSA) is 0 Å². The molecule has 0 radical (unpaired) electrons. The van der Waals surface area contributed by atoms with Crippen molar-refractivity contribution < 1.29 is 0 Å². The lowest BCUT2D eigenvalue weighted by Gasteiger charge is -2.04. The highest BCUT2D eigenvalue weighted by Gasteiger charge is 1.97. The second-order valence-electron chi connectivity index (χ2n) is 2.73. The minimum absolute atomic E-state index is 0.543. The summed E-state index contributed by atoms with van der Waals surface area (Å²) in [5.74, 6) is 0.543. The molecule has 0 aromatic heterocycles. The van der Waals surface area contributed by atoms with E-state index in [9.17, 15) is 0 Å². The van der Waals surface area contributed by atoms with Crippen LogP contribution in [0, 0.1) is 0 Å². The van der Waals surface area contributed by atoms with E-state index in [1.165, 1.54) is 5.56 Å². The monoisotopic (exact) mass is 146 g/mol. The summed E-state index contributed by atoms with van der Waals surface area (Å²) in [7, 11) is 0. The highest BCUT2D eigenvalue weighted by atomic mass is 14.0. The Kier molecular flexibility index (Phi) is 2.91. The average molecular weight is 146 g/mol. The van der Waals surface area contributed by atoms with Crippen LogP contribution in [0.15, 0.2) is 42.5 Å². The zero-order valence-electron chi connectivity index (χ0n) is 7.12. The Bertz CT molecular complexity index is 221. The van der Waals surface area contributed by atoms with Gasteiger partial charge in [-0.1, -0.05) is 49.4 Å². The molecular formula is C11H14. The lowest BCUT2D eigenvalue weighted by Crippen LogP contribution is -1.86. The maximum atomic E-state index is 2.20. The first-order valence-electron chi connectivity index (χ1n) is 4.02. The van der Waals surface area contributed by atoms with Crippen molar-refractivity contribution in [1.82, 2.24) is 0 Å². The first-order chi connectivity index (χ1) is 5.34. The molecule has 1 unspecified atom stereocenters. The predicted molar refractivity (Wildman–Crippen MR) is 49.7 cm³/mol. The first kappa shape index (κ1) is 8.06. The Labute approximate surface area is 68.6 Å². The molecule has 0 fully saturated rings. The standard InChI is InChI=1S/C11H14/c1-3-7-10(2)11-8-5-4-6-9-11/h3-10H,1-2H3/b7-3+. The van der Waals surface area contributed by atoms with E-state index in [-0.39, 0.29) is 0 Å². The smallest absolute Gasteiger partial charge is 0.00105 e. The molecule has 0 aliphatic rings. The summed E-state index contributed by atoms with van der Waals surface area (Å²) in [6.07, 6.45) is 4.30. The lowest BCUT2D eigenvalue weighted by atomic mass is 10.0. The van der Waals surface area contributed by atoms with Crippen molar-refractivity contribution in [2.24, 2.45) is 0 Å². The summed E-state index contributed by atoms with van der Waals surface area (Å²) in [4.78, 5) is 0. The normalized spacial score (nSPS) is 13.6. The molecule has 58 valence electrons. The van der Waals surface area contributed by atoms with Crippen molar-refractivity contribution in [3.05, 3.63) is 48.0 Å². The number of hydrogen-bond acceptors (Lipinski definition) is 0. The molecule has 0 saturated carbocycles. The Morgan fingerprint density at radius 2 is 1.82 bits per heavy atom. The number of hydrogen-bond donors (Lipinski definition) is 0. The fourth-order valence-corrected chi connectivity index (χ4v) is 1.16. The third-order valence-corrected chi connectivity index (χ3v) is 1.81. The van der Waals surface area contributed by atoms with E-state index in [0.29, 0.717) is 5.92 Å². The van der Waals surface area contributed by atoms with Gasteiger partial charge in [0, 0.05) is 0 Å². The van der Waals surface area contributed by atoms with E-state index in [2.05, 4.69) is 50.3 Å². The zero-order valence-corrected chi connectivity index (χ0v) is 7.12. The van der Waals surface area contributed by atoms with Crippen molar-refractivity contribution in [1.29, 1.82) is 0 Å². The largest absolute Gasteiger partial charge is 0.0911 e. The molecule has 1 aromatic carbocycles. The molecule has 0 aliphatic heterocycles. The maximum absolute atomic E-state index is 2.20. The third kappa shape index (κ3) is 2.23. The van der Waals surface area contributed by atoms with Gasteiger partial charge in [-0.25, -0.2) is 0 Å². The SMILES string of the molecule is C/C=C/C(C)c1ccccc1. The van der Waals surface area contributed by atoms with E-state index < -0.39 is 0 Å². The summed E-state index contributed by atoms with van der Waals surface area (Å²) in [6.45, 7) is 4.26. The molecule has 0 N–H and O–H groups in total. The fraction of sp³-hybridized carbons (Fsp3) is 0.273. The quantitative estimate of drug-likeness (QED) is 0.561. The predicted octanol–water partition coefficient (Wildman–Crippen LogP) is 3.37. The molecule has 0 saturated heterocycles. The van der Waals surface area contributed by atoms with Gasteiger partial charge in [-0.15, -0.1) is 0 Å². The van der Waals surface area contributed by atoms with Crippen LogP contribution >= 0.6 is 0 Å². The highest BCUT2D eigenvalue weighted by Crippen LogP contribution is 2.14. The van der Waals surface area contributed by atoms with Gasteiger partial charge in [0.05, 0.1) is 0 Å². The van der Waals surface area contributed by atoms with Crippen LogP contribution in [0.25, 0.3) is 0 Å². The number of benzene rings is 1. The summed E-state index contributed by atoms with van der Waals surface area (Å²) in [5, 5.41) is 0. The van der Waals surface area contributed by atoms with Gasteiger partial charge in [0.25, 0.3) is 0 Å². The van der Waals surface area contributed by atoms with Gasteiger partial charge < -0.3 is 0 Å². The van der Waals surface area contributed by atoms with Gasteiger partial charge >= 0.3 is 0 Å². The van der Waals surface area contributed by atoms with E-state index in [1.807, 2.05) is 6.07 Å². The first-order valence-corrected chi connectivity index (χ1v) is 4.02. The molecule has 1 atom stereocenters. The molecule has 0 amide bonds. The van der Waals surface area contributed by atoms with Crippen LogP contribution in [0.4, 0.5) is 0 Å². The van der Waals surface area contributed by atoms with Gasteiger partial charge in [-0.05, 0) is 18.4 Å². The third-order valence-electron chi connectivity index (χ3n) is 1.81. The molecule has 0 heteroatoms. The van der Waals surface area contributed by atoms with Crippen LogP contribution < -0.4 is 0 Å².